The minimum Gasteiger partial charge on any atom is -0.361 e. The molecule has 1 aliphatic rings. The van der Waals surface area contributed by atoms with Crippen LogP contribution < -0.4 is 5.32 Å². The molecule has 0 aromatic carbocycles. The fraction of sp³-hybridized carbons (Fsp3) is 0.600. The van der Waals surface area contributed by atoms with Gasteiger partial charge in [0.15, 0.2) is 0 Å². The van der Waals surface area contributed by atoms with E-state index in [2.05, 4.69) is 26.4 Å². The molecule has 0 spiro atoms. The maximum absolute atomic E-state index is 11.9. The van der Waals surface area contributed by atoms with E-state index in [1.807, 2.05) is 0 Å². The Bertz CT molecular complexity index is 366. The molecular weight excluding hydrogens is 260 g/mol. The van der Waals surface area contributed by atoms with Crippen LogP contribution in [0.15, 0.2) is 10.7 Å². The van der Waals surface area contributed by atoms with Crippen molar-refractivity contribution in [2.24, 2.45) is 0 Å². The number of nitrogens with zero attached hydrogens (tertiary/aromatic N) is 1. The Kier molecular flexibility index (Phi) is 2.82. The Morgan fingerprint density at radius 3 is 2.87 bits per heavy atom. The van der Waals surface area contributed by atoms with Gasteiger partial charge in [-0.2, -0.15) is 0 Å². The maximum atomic E-state index is 11.9. The summed E-state index contributed by atoms with van der Waals surface area (Å²) in [5.41, 5.74) is 0.475. The van der Waals surface area contributed by atoms with Gasteiger partial charge in [0.05, 0.1) is 11.7 Å². The molecule has 1 aromatic heterocycles. The van der Waals surface area contributed by atoms with Crippen LogP contribution >= 0.6 is 15.9 Å². The fourth-order valence-electron chi connectivity index (χ4n) is 1.72. The molecule has 0 atom stereocenters. The topological polar surface area (TPSA) is 55.1 Å². The second-order valence-electron chi connectivity index (χ2n) is 4.02. The maximum Gasteiger partial charge on any atom is 0.256 e. The number of amides is 1. The highest BCUT2D eigenvalue weighted by atomic mass is 79.9. The van der Waals surface area contributed by atoms with Crippen LogP contribution in [0.1, 0.15) is 35.4 Å². The summed E-state index contributed by atoms with van der Waals surface area (Å²) in [5, 5.41) is 7.43. The average molecular weight is 273 g/mol. The van der Waals surface area contributed by atoms with Gasteiger partial charge in [-0.05, 0) is 26.2 Å². The van der Waals surface area contributed by atoms with Gasteiger partial charge in [-0.25, -0.2) is 0 Å². The van der Waals surface area contributed by atoms with Gasteiger partial charge in [0, 0.05) is 5.33 Å². The van der Waals surface area contributed by atoms with Gasteiger partial charge in [0.25, 0.3) is 5.91 Å². The van der Waals surface area contributed by atoms with Crippen LogP contribution in [0.3, 0.4) is 0 Å². The molecule has 1 saturated carbocycles. The number of aromatic nitrogens is 1. The normalized spacial score (nSPS) is 18.3. The van der Waals surface area contributed by atoms with E-state index in [0.717, 1.165) is 18.2 Å². The first-order valence-corrected chi connectivity index (χ1v) is 6.09. The third kappa shape index (κ3) is 1.93. The lowest BCUT2D eigenvalue weighted by molar-refractivity contribution is 0.0855. The molecule has 1 N–H and O–H groups in total. The molecule has 15 heavy (non-hydrogen) atoms. The van der Waals surface area contributed by atoms with E-state index >= 15 is 0 Å². The largest absolute Gasteiger partial charge is 0.361 e. The number of hydrogen-bond donors (Lipinski definition) is 1. The van der Waals surface area contributed by atoms with Gasteiger partial charge >= 0.3 is 0 Å². The molecule has 5 heteroatoms. The first-order chi connectivity index (χ1) is 7.17. The lowest BCUT2D eigenvalue weighted by Crippen LogP contribution is -2.54. The Morgan fingerprint density at radius 1 is 1.73 bits per heavy atom. The first kappa shape index (κ1) is 10.7. The quantitative estimate of drug-likeness (QED) is 0.857. The summed E-state index contributed by atoms with van der Waals surface area (Å²) in [6.45, 7) is 1.74. The third-order valence-corrected chi connectivity index (χ3v) is 4.01. The van der Waals surface area contributed by atoms with E-state index in [1.54, 1.807) is 6.92 Å². The summed E-state index contributed by atoms with van der Waals surface area (Å²) in [5.74, 6) is 0.476. The molecule has 0 saturated heterocycles. The molecule has 82 valence electrons. The number of carbonyl (C=O) groups excluding carboxylic acids is 1. The minimum atomic E-state index is -0.0899. The summed E-state index contributed by atoms with van der Waals surface area (Å²) >= 11 is 3.44. The van der Waals surface area contributed by atoms with Crippen molar-refractivity contribution in [2.45, 2.75) is 31.7 Å². The van der Waals surface area contributed by atoms with Crippen molar-refractivity contribution >= 4 is 21.8 Å². The van der Waals surface area contributed by atoms with Crippen molar-refractivity contribution in [3.63, 3.8) is 0 Å². The Labute approximate surface area is 96.5 Å². The lowest BCUT2D eigenvalue weighted by atomic mass is 9.78. The van der Waals surface area contributed by atoms with E-state index < -0.39 is 0 Å². The van der Waals surface area contributed by atoms with Crippen LogP contribution in [-0.2, 0) is 0 Å². The van der Waals surface area contributed by atoms with Gasteiger partial charge in [-0.15, -0.1) is 0 Å². The van der Waals surface area contributed by atoms with Crippen LogP contribution in [0.4, 0.5) is 0 Å². The average Bonchev–Trinajstić information content (AvgIpc) is 2.58. The van der Waals surface area contributed by atoms with Crippen LogP contribution in [-0.4, -0.2) is 21.9 Å². The molecule has 0 bridgehead atoms. The van der Waals surface area contributed by atoms with Crippen molar-refractivity contribution in [3.8, 4) is 0 Å². The van der Waals surface area contributed by atoms with Gasteiger partial charge in [-0.1, -0.05) is 21.1 Å². The predicted molar refractivity (Wildman–Crippen MR) is 59.1 cm³/mol. The zero-order chi connectivity index (χ0) is 10.9. The highest BCUT2D eigenvalue weighted by molar-refractivity contribution is 9.09. The van der Waals surface area contributed by atoms with Crippen LogP contribution in [0, 0.1) is 6.92 Å². The molecule has 1 aliphatic carbocycles. The molecule has 2 rings (SSSR count). The van der Waals surface area contributed by atoms with E-state index in [0.29, 0.717) is 11.3 Å². The molecule has 0 aliphatic heterocycles. The van der Waals surface area contributed by atoms with Gasteiger partial charge in [-0.3, -0.25) is 4.79 Å². The van der Waals surface area contributed by atoms with Crippen molar-refractivity contribution in [3.05, 3.63) is 17.5 Å². The minimum absolute atomic E-state index is 0.0548. The molecule has 1 fully saturated rings. The summed E-state index contributed by atoms with van der Waals surface area (Å²) in [6, 6.07) is 0. The third-order valence-electron chi connectivity index (χ3n) is 2.94. The van der Waals surface area contributed by atoms with Crippen LogP contribution in [0.5, 0.6) is 0 Å². The van der Waals surface area contributed by atoms with Crippen molar-refractivity contribution in [2.75, 3.05) is 5.33 Å². The molecule has 0 radical (unpaired) electrons. The molecule has 1 heterocycles. The SMILES string of the molecule is Cc1oncc1C(=O)NC1(CBr)CCC1. The first-order valence-electron chi connectivity index (χ1n) is 4.97. The van der Waals surface area contributed by atoms with Gasteiger partial charge in [0.1, 0.15) is 11.3 Å². The highest BCUT2D eigenvalue weighted by Crippen LogP contribution is 2.33. The summed E-state index contributed by atoms with van der Waals surface area (Å²) in [7, 11) is 0. The number of rotatable bonds is 3. The van der Waals surface area contributed by atoms with Gasteiger partial charge in [0.2, 0.25) is 0 Å². The van der Waals surface area contributed by atoms with Crippen LogP contribution in [0.25, 0.3) is 0 Å². The number of carbonyl (C=O) groups is 1. The second kappa shape index (κ2) is 3.96. The molecular formula is C10H13BrN2O2. The van der Waals surface area contributed by atoms with E-state index in [4.69, 9.17) is 4.52 Å². The zero-order valence-electron chi connectivity index (χ0n) is 8.55. The number of nitrogens with one attached hydrogen (secondary N) is 1. The summed E-state index contributed by atoms with van der Waals surface area (Å²) in [4.78, 5) is 11.9. The smallest absolute Gasteiger partial charge is 0.256 e. The molecule has 0 unspecified atom stereocenters. The number of alkyl halides is 1. The molecule has 4 nitrogen and oxygen atoms in total. The van der Waals surface area contributed by atoms with Crippen molar-refractivity contribution < 1.29 is 9.32 Å². The Balaban J connectivity index is 2.07. The number of aryl methyl sites for hydroxylation is 1. The molecule has 1 aromatic rings. The van der Waals surface area contributed by atoms with E-state index in [9.17, 15) is 4.79 Å². The second-order valence-corrected chi connectivity index (χ2v) is 4.58. The Morgan fingerprint density at radius 2 is 2.47 bits per heavy atom. The predicted octanol–water partition coefficient (Wildman–Crippen LogP) is 2.03. The Hall–Kier alpha value is -0.840. The zero-order valence-corrected chi connectivity index (χ0v) is 10.1. The summed E-state index contributed by atoms with van der Waals surface area (Å²) in [6.07, 6.45) is 4.71. The van der Waals surface area contributed by atoms with E-state index in [1.165, 1.54) is 12.6 Å². The highest BCUT2D eigenvalue weighted by Gasteiger charge is 2.37. The van der Waals surface area contributed by atoms with Crippen molar-refractivity contribution in [1.29, 1.82) is 0 Å². The van der Waals surface area contributed by atoms with Gasteiger partial charge < -0.3 is 9.84 Å². The monoisotopic (exact) mass is 272 g/mol. The lowest BCUT2D eigenvalue weighted by Gasteiger charge is -2.41. The number of hydrogen-bond acceptors (Lipinski definition) is 3. The van der Waals surface area contributed by atoms with E-state index in [-0.39, 0.29) is 11.4 Å². The summed E-state index contributed by atoms with van der Waals surface area (Å²) < 4.78 is 4.86. The standard InChI is InChI=1S/C10H13BrN2O2/c1-7-8(5-12-15-7)9(14)13-10(6-11)3-2-4-10/h5H,2-4,6H2,1H3,(H,13,14). The molecule has 1 amide bonds. The number of halogens is 1. The van der Waals surface area contributed by atoms with Crippen molar-refractivity contribution in [1.82, 2.24) is 10.5 Å². The fourth-order valence-corrected chi connectivity index (χ4v) is 2.42. The van der Waals surface area contributed by atoms with Crippen LogP contribution in [0.2, 0.25) is 0 Å².